The lowest BCUT2D eigenvalue weighted by Crippen LogP contribution is -2.12. The molecule has 0 aliphatic heterocycles. The fraction of sp³-hybridized carbons (Fsp3) is 0.412. The van der Waals surface area contributed by atoms with E-state index in [2.05, 4.69) is 20.6 Å². The minimum absolute atomic E-state index is 0.595. The first-order valence-electron chi connectivity index (χ1n) is 7.77. The lowest BCUT2D eigenvalue weighted by molar-refractivity contribution is 0.210. The van der Waals surface area contributed by atoms with Crippen LogP contribution in [0.5, 0.6) is 11.5 Å². The summed E-state index contributed by atoms with van der Waals surface area (Å²) < 4.78 is 15.6. The first-order valence-corrected chi connectivity index (χ1v) is 7.77. The number of hydrogen-bond acceptors (Lipinski definition) is 7. The summed E-state index contributed by atoms with van der Waals surface area (Å²) in [7, 11) is 4.93. The van der Waals surface area contributed by atoms with Crippen molar-refractivity contribution in [2.75, 3.05) is 51.7 Å². The van der Waals surface area contributed by atoms with Gasteiger partial charge in [-0.2, -0.15) is 4.98 Å². The third-order valence-corrected chi connectivity index (χ3v) is 3.41. The summed E-state index contributed by atoms with van der Waals surface area (Å²) in [5.74, 6) is 2.83. The van der Waals surface area contributed by atoms with Crippen LogP contribution in [-0.4, -0.2) is 51.0 Å². The van der Waals surface area contributed by atoms with Gasteiger partial charge in [0.05, 0.1) is 20.8 Å². The normalized spacial score (nSPS) is 10.3. The molecule has 0 bridgehead atoms. The van der Waals surface area contributed by atoms with Crippen molar-refractivity contribution < 1.29 is 14.2 Å². The molecule has 0 atom stereocenters. The summed E-state index contributed by atoms with van der Waals surface area (Å²) in [6.45, 7) is 2.06. The van der Waals surface area contributed by atoms with Crippen LogP contribution < -0.4 is 20.1 Å². The zero-order chi connectivity index (χ0) is 17.2. The van der Waals surface area contributed by atoms with Crippen molar-refractivity contribution in [1.29, 1.82) is 0 Å². The Hall–Kier alpha value is -2.54. The summed E-state index contributed by atoms with van der Waals surface area (Å²) >= 11 is 0. The molecule has 0 saturated heterocycles. The van der Waals surface area contributed by atoms with Crippen LogP contribution in [0.25, 0.3) is 0 Å². The Morgan fingerprint density at radius 1 is 0.958 bits per heavy atom. The smallest absolute Gasteiger partial charge is 0.224 e. The van der Waals surface area contributed by atoms with Crippen LogP contribution in [0.4, 0.5) is 11.8 Å². The molecule has 0 aliphatic rings. The standard InChI is InChI=1S/C17H24N4O3/c1-22-11-10-18-16-7-9-20-17(21-16)19-8-6-13-4-5-14(23-2)15(12-13)24-3/h4-5,7,9,12H,6,8,10-11H2,1-3H3,(H2,18,19,20,21). The maximum Gasteiger partial charge on any atom is 0.224 e. The van der Waals surface area contributed by atoms with Crippen LogP contribution in [0.15, 0.2) is 30.5 Å². The molecule has 24 heavy (non-hydrogen) atoms. The second-order valence-corrected chi connectivity index (χ2v) is 5.05. The Morgan fingerprint density at radius 3 is 2.54 bits per heavy atom. The van der Waals surface area contributed by atoms with Crippen LogP contribution in [0.2, 0.25) is 0 Å². The summed E-state index contributed by atoms with van der Waals surface area (Å²) in [4.78, 5) is 8.63. The Bertz CT molecular complexity index is 637. The van der Waals surface area contributed by atoms with Crippen LogP contribution in [0.3, 0.4) is 0 Å². The highest BCUT2D eigenvalue weighted by atomic mass is 16.5. The van der Waals surface area contributed by atoms with Gasteiger partial charge in [0.2, 0.25) is 5.95 Å². The Labute approximate surface area is 142 Å². The molecule has 7 heteroatoms. The molecule has 0 amide bonds. The fourth-order valence-electron chi connectivity index (χ4n) is 2.18. The van der Waals surface area contributed by atoms with Gasteiger partial charge in [-0.05, 0) is 30.2 Å². The van der Waals surface area contributed by atoms with E-state index in [-0.39, 0.29) is 0 Å². The number of nitrogens with one attached hydrogen (secondary N) is 2. The highest BCUT2D eigenvalue weighted by Crippen LogP contribution is 2.27. The quantitative estimate of drug-likeness (QED) is 0.646. The van der Waals surface area contributed by atoms with Crippen LogP contribution in [0.1, 0.15) is 5.56 Å². The van der Waals surface area contributed by atoms with Crippen molar-refractivity contribution in [1.82, 2.24) is 9.97 Å². The first-order chi connectivity index (χ1) is 11.8. The van der Waals surface area contributed by atoms with E-state index in [0.29, 0.717) is 19.1 Å². The molecule has 0 saturated carbocycles. The predicted molar refractivity (Wildman–Crippen MR) is 94.1 cm³/mol. The highest BCUT2D eigenvalue weighted by Gasteiger charge is 2.05. The van der Waals surface area contributed by atoms with Crippen molar-refractivity contribution in [3.05, 3.63) is 36.0 Å². The summed E-state index contributed by atoms with van der Waals surface area (Å²) in [5.41, 5.74) is 1.15. The number of anilines is 2. The SMILES string of the molecule is COCCNc1ccnc(NCCc2ccc(OC)c(OC)c2)n1. The molecule has 130 valence electrons. The zero-order valence-corrected chi connectivity index (χ0v) is 14.3. The number of benzene rings is 1. The van der Waals surface area contributed by atoms with E-state index in [4.69, 9.17) is 14.2 Å². The lowest BCUT2D eigenvalue weighted by Gasteiger charge is -2.10. The molecule has 0 fully saturated rings. The Balaban J connectivity index is 1.86. The van der Waals surface area contributed by atoms with E-state index < -0.39 is 0 Å². The van der Waals surface area contributed by atoms with E-state index in [1.807, 2.05) is 24.3 Å². The summed E-state index contributed by atoms with van der Waals surface area (Å²) in [6, 6.07) is 7.73. The minimum Gasteiger partial charge on any atom is -0.493 e. The van der Waals surface area contributed by atoms with Crippen molar-refractivity contribution in [3.63, 3.8) is 0 Å². The predicted octanol–water partition coefficient (Wildman–Crippen LogP) is 2.21. The maximum atomic E-state index is 5.32. The van der Waals surface area contributed by atoms with Gasteiger partial charge in [-0.1, -0.05) is 6.07 Å². The first kappa shape index (κ1) is 17.8. The van der Waals surface area contributed by atoms with Gasteiger partial charge in [-0.3, -0.25) is 0 Å². The number of methoxy groups -OCH3 is 3. The highest BCUT2D eigenvalue weighted by molar-refractivity contribution is 5.43. The van der Waals surface area contributed by atoms with Gasteiger partial charge in [0, 0.05) is 26.4 Å². The molecule has 7 nitrogen and oxygen atoms in total. The topological polar surface area (TPSA) is 77.5 Å². The molecule has 1 aromatic heterocycles. The van der Waals surface area contributed by atoms with Gasteiger partial charge < -0.3 is 24.8 Å². The molecule has 1 heterocycles. The number of aromatic nitrogens is 2. The third kappa shape index (κ3) is 5.27. The van der Waals surface area contributed by atoms with Crippen molar-refractivity contribution in [3.8, 4) is 11.5 Å². The molecule has 0 aliphatic carbocycles. The van der Waals surface area contributed by atoms with E-state index in [9.17, 15) is 0 Å². The van der Waals surface area contributed by atoms with Crippen molar-refractivity contribution in [2.45, 2.75) is 6.42 Å². The second-order valence-electron chi connectivity index (χ2n) is 5.05. The van der Waals surface area contributed by atoms with Gasteiger partial charge >= 0.3 is 0 Å². The van der Waals surface area contributed by atoms with Gasteiger partial charge in [0.15, 0.2) is 11.5 Å². The van der Waals surface area contributed by atoms with Crippen LogP contribution >= 0.6 is 0 Å². The molecule has 0 radical (unpaired) electrons. The molecular formula is C17H24N4O3. The van der Waals surface area contributed by atoms with Crippen LogP contribution in [-0.2, 0) is 11.2 Å². The average Bonchev–Trinajstić information content (AvgIpc) is 2.62. The monoisotopic (exact) mass is 332 g/mol. The largest absolute Gasteiger partial charge is 0.493 e. The molecule has 2 N–H and O–H groups in total. The number of rotatable bonds is 10. The third-order valence-electron chi connectivity index (χ3n) is 3.41. The van der Waals surface area contributed by atoms with E-state index in [0.717, 1.165) is 35.8 Å². The van der Waals surface area contributed by atoms with Gasteiger partial charge in [-0.25, -0.2) is 4.98 Å². The fourth-order valence-corrected chi connectivity index (χ4v) is 2.18. The Kier molecular flexibility index (Phi) is 7.10. The van der Waals surface area contributed by atoms with E-state index in [1.165, 1.54) is 0 Å². The zero-order valence-electron chi connectivity index (χ0n) is 14.3. The van der Waals surface area contributed by atoms with Crippen molar-refractivity contribution >= 4 is 11.8 Å². The lowest BCUT2D eigenvalue weighted by atomic mass is 10.1. The second kappa shape index (κ2) is 9.57. The molecule has 2 aromatic rings. The van der Waals surface area contributed by atoms with E-state index in [1.54, 1.807) is 27.5 Å². The Morgan fingerprint density at radius 2 is 1.79 bits per heavy atom. The molecule has 2 rings (SSSR count). The number of ether oxygens (including phenoxy) is 3. The van der Waals surface area contributed by atoms with Gasteiger partial charge in [-0.15, -0.1) is 0 Å². The molecule has 1 aromatic carbocycles. The molecular weight excluding hydrogens is 308 g/mol. The van der Waals surface area contributed by atoms with E-state index >= 15 is 0 Å². The summed E-state index contributed by atoms with van der Waals surface area (Å²) in [6.07, 6.45) is 2.55. The number of hydrogen-bond donors (Lipinski definition) is 2. The molecule has 0 unspecified atom stereocenters. The van der Waals surface area contributed by atoms with Gasteiger partial charge in [0.25, 0.3) is 0 Å². The van der Waals surface area contributed by atoms with Gasteiger partial charge in [0.1, 0.15) is 5.82 Å². The minimum atomic E-state index is 0.595. The summed E-state index contributed by atoms with van der Waals surface area (Å²) in [5, 5.41) is 6.40. The average molecular weight is 332 g/mol. The molecule has 0 spiro atoms. The van der Waals surface area contributed by atoms with Crippen LogP contribution in [0, 0.1) is 0 Å². The van der Waals surface area contributed by atoms with Crippen molar-refractivity contribution in [2.24, 2.45) is 0 Å². The number of nitrogens with zero attached hydrogens (tertiary/aromatic N) is 2. The maximum absolute atomic E-state index is 5.32.